The molecule has 0 aromatic heterocycles. The number of carbonyl (C=O) groups excluding carboxylic acids is 1. The SMILES string of the molecule is Cc1c(Br)cccc1C(=O)NCC(C)CCO. The first-order valence-electron chi connectivity index (χ1n) is 5.70. The third-order valence-electron chi connectivity index (χ3n) is 2.75. The first-order valence-corrected chi connectivity index (χ1v) is 6.49. The minimum Gasteiger partial charge on any atom is -0.396 e. The Morgan fingerprint density at radius 3 is 2.88 bits per heavy atom. The van der Waals surface area contributed by atoms with Crippen LogP contribution < -0.4 is 5.32 Å². The summed E-state index contributed by atoms with van der Waals surface area (Å²) in [5.41, 5.74) is 1.63. The van der Waals surface area contributed by atoms with Crippen molar-refractivity contribution in [3.05, 3.63) is 33.8 Å². The van der Waals surface area contributed by atoms with Crippen LogP contribution in [0.1, 0.15) is 29.3 Å². The summed E-state index contributed by atoms with van der Waals surface area (Å²) in [5.74, 6) is 0.227. The average Bonchev–Trinajstić information content (AvgIpc) is 2.30. The Bertz CT molecular complexity index is 393. The van der Waals surface area contributed by atoms with Crippen LogP contribution in [-0.2, 0) is 0 Å². The van der Waals surface area contributed by atoms with E-state index >= 15 is 0 Å². The van der Waals surface area contributed by atoms with Gasteiger partial charge < -0.3 is 10.4 Å². The van der Waals surface area contributed by atoms with E-state index in [1.807, 2.05) is 32.0 Å². The van der Waals surface area contributed by atoms with Crippen molar-refractivity contribution in [2.24, 2.45) is 5.92 Å². The van der Waals surface area contributed by atoms with E-state index in [9.17, 15) is 4.79 Å². The van der Waals surface area contributed by atoms with Gasteiger partial charge in [-0.2, -0.15) is 0 Å². The van der Waals surface area contributed by atoms with E-state index in [1.165, 1.54) is 0 Å². The normalized spacial score (nSPS) is 12.2. The second kappa shape index (κ2) is 6.77. The second-order valence-corrected chi connectivity index (χ2v) is 5.09. The van der Waals surface area contributed by atoms with Crippen molar-refractivity contribution >= 4 is 21.8 Å². The van der Waals surface area contributed by atoms with Crippen LogP contribution in [0.5, 0.6) is 0 Å². The topological polar surface area (TPSA) is 49.3 Å². The number of rotatable bonds is 5. The summed E-state index contributed by atoms with van der Waals surface area (Å²) in [6, 6.07) is 5.58. The zero-order valence-electron chi connectivity index (χ0n) is 10.2. The molecule has 0 bridgehead atoms. The Morgan fingerprint density at radius 1 is 1.53 bits per heavy atom. The lowest BCUT2D eigenvalue weighted by Gasteiger charge is -2.12. The van der Waals surface area contributed by atoms with Crippen molar-refractivity contribution in [2.45, 2.75) is 20.3 Å². The summed E-state index contributed by atoms with van der Waals surface area (Å²) >= 11 is 3.41. The number of nitrogens with one attached hydrogen (secondary N) is 1. The lowest BCUT2D eigenvalue weighted by molar-refractivity contribution is 0.0944. The van der Waals surface area contributed by atoms with Crippen molar-refractivity contribution in [2.75, 3.05) is 13.2 Å². The molecule has 0 aliphatic rings. The van der Waals surface area contributed by atoms with Crippen LogP contribution in [-0.4, -0.2) is 24.2 Å². The quantitative estimate of drug-likeness (QED) is 0.878. The Labute approximate surface area is 110 Å². The van der Waals surface area contributed by atoms with Crippen LogP contribution in [0.2, 0.25) is 0 Å². The Hall–Kier alpha value is -0.870. The third kappa shape index (κ3) is 4.13. The molecule has 1 atom stereocenters. The van der Waals surface area contributed by atoms with Crippen LogP contribution in [0.3, 0.4) is 0 Å². The lowest BCUT2D eigenvalue weighted by atomic mass is 10.1. The summed E-state index contributed by atoms with van der Waals surface area (Å²) in [5, 5.41) is 11.7. The van der Waals surface area contributed by atoms with Gasteiger partial charge >= 0.3 is 0 Å². The molecule has 0 fully saturated rings. The molecule has 4 heteroatoms. The molecule has 1 aromatic carbocycles. The van der Waals surface area contributed by atoms with Crippen molar-refractivity contribution in [3.63, 3.8) is 0 Å². The molecule has 0 spiro atoms. The molecule has 1 rings (SSSR count). The maximum Gasteiger partial charge on any atom is 0.251 e. The van der Waals surface area contributed by atoms with Crippen LogP contribution in [0.25, 0.3) is 0 Å². The van der Waals surface area contributed by atoms with Gasteiger partial charge in [-0.25, -0.2) is 0 Å². The summed E-state index contributed by atoms with van der Waals surface area (Å²) in [4.78, 5) is 11.9. The van der Waals surface area contributed by atoms with E-state index in [4.69, 9.17) is 5.11 Å². The standard InChI is InChI=1S/C13H18BrNO2/c1-9(6-7-16)8-15-13(17)11-4-3-5-12(14)10(11)2/h3-5,9,16H,6-8H2,1-2H3,(H,15,17). The number of hydrogen-bond acceptors (Lipinski definition) is 2. The first kappa shape index (κ1) is 14.2. The highest BCUT2D eigenvalue weighted by molar-refractivity contribution is 9.10. The zero-order valence-corrected chi connectivity index (χ0v) is 11.8. The number of halogens is 1. The van der Waals surface area contributed by atoms with Crippen molar-refractivity contribution < 1.29 is 9.90 Å². The predicted octanol–water partition coefficient (Wildman–Crippen LogP) is 2.51. The molecule has 1 amide bonds. The molecular formula is C13H18BrNO2. The van der Waals surface area contributed by atoms with E-state index < -0.39 is 0 Å². The predicted molar refractivity (Wildman–Crippen MR) is 72.1 cm³/mol. The largest absolute Gasteiger partial charge is 0.396 e. The summed E-state index contributed by atoms with van der Waals surface area (Å²) in [6.45, 7) is 4.67. The summed E-state index contributed by atoms with van der Waals surface area (Å²) < 4.78 is 0.938. The molecule has 1 unspecified atom stereocenters. The molecule has 17 heavy (non-hydrogen) atoms. The van der Waals surface area contributed by atoms with Gasteiger partial charge in [0.1, 0.15) is 0 Å². The fraction of sp³-hybridized carbons (Fsp3) is 0.462. The van der Waals surface area contributed by atoms with E-state index in [0.29, 0.717) is 18.5 Å². The summed E-state index contributed by atoms with van der Waals surface area (Å²) in [7, 11) is 0. The number of amides is 1. The van der Waals surface area contributed by atoms with Crippen molar-refractivity contribution in [3.8, 4) is 0 Å². The Balaban J connectivity index is 2.61. The highest BCUT2D eigenvalue weighted by Gasteiger charge is 2.11. The average molecular weight is 300 g/mol. The number of aliphatic hydroxyl groups excluding tert-OH is 1. The molecule has 0 heterocycles. The molecule has 0 aliphatic heterocycles. The number of carbonyl (C=O) groups is 1. The summed E-state index contributed by atoms with van der Waals surface area (Å²) in [6.07, 6.45) is 0.706. The smallest absolute Gasteiger partial charge is 0.251 e. The van der Waals surface area contributed by atoms with E-state index in [0.717, 1.165) is 10.0 Å². The molecule has 0 saturated heterocycles. The van der Waals surface area contributed by atoms with Gasteiger partial charge in [-0.1, -0.05) is 28.9 Å². The van der Waals surface area contributed by atoms with E-state index in [-0.39, 0.29) is 18.4 Å². The molecule has 0 saturated carbocycles. The number of hydrogen-bond donors (Lipinski definition) is 2. The van der Waals surface area contributed by atoms with Crippen LogP contribution >= 0.6 is 15.9 Å². The maximum atomic E-state index is 11.9. The first-order chi connectivity index (χ1) is 8.06. The van der Waals surface area contributed by atoms with Gasteiger partial charge in [0, 0.05) is 23.2 Å². The molecule has 1 aromatic rings. The second-order valence-electron chi connectivity index (χ2n) is 4.24. The van der Waals surface area contributed by atoms with Gasteiger partial charge in [-0.3, -0.25) is 4.79 Å². The number of aliphatic hydroxyl groups is 1. The Kier molecular flexibility index (Phi) is 5.65. The Morgan fingerprint density at radius 2 is 2.24 bits per heavy atom. The fourth-order valence-electron chi connectivity index (χ4n) is 1.54. The number of benzene rings is 1. The highest BCUT2D eigenvalue weighted by atomic mass is 79.9. The van der Waals surface area contributed by atoms with Gasteiger partial charge in [0.2, 0.25) is 0 Å². The van der Waals surface area contributed by atoms with Gasteiger partial charge in [0.05, 0.1) is 0 Å². The van der Waals surface area contributed by atoms with Gasteiger partial charge in [-0.15, -0.1) is 0 Å². The molecule has 0 radical (unpaired) electrons. The van der Waals surface area contributed by atoms with E-state index in [1.54, 1.807) is 0 Å². The monoisotopic (exact) mass is 299 g/mol. The van der Waals surface area contributed by atoms with Crippen LogP contribution in [0.15, 0.2) is 22.7 Å². The highest BCUT2D eigenvalue weighted by Crippen LogP contribution is 2.19. The molecular weight excluding hydrogens is 282 g/mol. The molecule has 2 N–H and O–H groups in total. The van der Waals surface area contributed by atoms with Crippen LogP contribution in [0.4, 0.5) is 0 Å². The van der Waals surface area contributed by atoms with Crippen molar-refractivity contribution in [1.82, 2.24) is 5.32 Å². The van der Waals surface area contributed by atoms with Crippen LogP contribution in [0, 0.1) is 12.8 Å². The van der Waals surface area contributed by atoms with Gasteiger partial charge in [0.25, 0.3) is 5.91 Å². The van der Waals surface area contributed by atoms with Gasteiger partial charge in [-0.05, 0) is 37.0 Å². The minimum atomic E-state index is -0.0615. The lowest BCUT2D eigenvalue weighted by Crippen LogP contribution is -2.29. The maximum absolute atomic E-state index is 11.9. The molecule has 0 aliphatic carbocycles. The van der Waals surface area contributed by atoms with Crippen molar-refractivity contribution in [1.29, 1.82) is 0 Å². The third-order valence-corrected chi connectivity index (χ3v) is 3.60. The van der Waals surface area contributed by atoms with E-state index in [2.05, 4.69) is 21.2 Å². The molecule has 94 valence electrons. The minimum absolute atomic E-state index is 0.0615. The fourth-order valence-corrected chi connectivity index (χ4v) is 1.90. The van der Waals surface area contributed by atoms with Gasteiger partial charge in [0.15, 0.2) is 0 Å². The molecule has 3 nitrogen and oxygen atoms in total. The zero-order chi connectivity index (χ0) is 12.8.